The summed E-state index contributed by atoms with van der Waals surface area (Å²) in [5, 5.41) is 11.6. The highest BCUT2D eigenvalue weighted by molar-refractivity contribution is 5.59. The summed E-state index contributed by atoms with van der Waals surface area (Å²) in [5.74, 6) is 0. The van der Waals surface area contributed by atoms with Crippen LogP contribution in [-0.4, -0.2) is 24.2 Å². The molecule has 0 aliphatic rings. The highest BCUT2D eigenvalue weighted by Crippen LogP contribution is 2.18. The second-order valence-electron chi connectivity index (χ2n) is 3.36. The summed E-state index contributed by atoms with van der Waals surface area (Å²) in [7, 11) is 0. The van der Waals surface area contributed by atoms with Gasteiger partial charge in [0.05, 0.1) is 0 Å². The molecule has 15 heavy (non-hydrogen) atoms. The normalized spacial score (nSPS) is 12.9. The standard InChI is InChI=1S/C10H14F2N2O/c1-6-2-3-7(13)4-8(6)14-5-9(15)10(11)12/h2-4,9-10,14-15H,5,13H2,1H3. The second kappa shape index (κ2) is 4.93. The Morgan fingerprint density at radius 3 is 2.73 bits per heavy atom. The molecule has 0 spiro atoms. The van der Waals surface area contributed by atoms with Crippen molar-refractivity contribution in [2.24, 2.45) is 0 Å². The molecule has 1 aromatic rings. The van der Waals surface area contributed by atoms with Gasteiger partial charge in [0, 0.05) is 17.9 Å². The van der Waals surface area contributed by atoms with Crippen LogP contribution in [-0.2, 0) is 0 Å². The van der Waals surface area contributed by atoms with Crippen LogP contribution in [0, 0.1) is 6.92 Å². The number of aliphatic hydroxyl groups is 1. The van der Waals surface area contributed by atoms with Gasteiger partial charge in [-0.25, -0.2) is 8.78 Å². The van der Waals surface area contributed by atoms with Crippen molar-refractivity contribution in [3.05, 3.63) is 23.8 Å². The quantitative estimate of drug-likeness (QED) is 0.670. The molecule has 3 nitrogen and oxygen atoms in total. The minimum atomic E-state index is -2.74. The first-order valence-corrected chi connectivity index (χ1v) is 4.57. The zero-order valence-electron chi connectivity index (χ0n) is 8.37. The van der Waals surface area contributed by atoms with E-state index in [1.54, 1.807) is 18.2 Å². The fraction of sp³-hybridized carbons (Fsp3) is 0.400. The van der Waals surface area contributed by atoms with Crippen molar-refractivity contribution in [2.75, 3.05) is 17.6 Å². The fourth-order valence-corrected chi connectivity index (χ4v) is 1.13. The molecule has 0 aromatic heterocycles. The van der Waals surface area contributed by atoms with Crippen molar-refractivity contribution in [1.29, 1.82) is 0 Å². The number of alkyl halides is 2. The molecule has 1 atom stereocenters. The number of hydrogen-bond donors (Lipinski definition) is 3. The predicted octanol–water partition coefficient (Wildman–Crippen LogP) is 1.62. The van der Waals surface area contributed by atoms with Crippen LogP contribution in [0.25, 0.3) is 0 Å². The molecule has 0 aliphatic carbocycles. The number of nitrogens with two attached hydrogens (primary N) is 1. The van der Waals surface area contributed by atoms with Gasteiger partial charge in [-0.3, -0.25) is 0 Å². The number of benzene rings is 1. The zero-order valence-corrected chi connectivity index (χ0v) is 8.37. The van der Waals surface area contributed by atoms with E-state index in [0.29, 0.717) is 11.4 Å². The molecule has 0 saturated carbocycles. The Morgan fingerprint density at radius 2 is 2.13 bits per heavy atom. The third kappa shape index (κ3) is 3.36. The number of aryl methyl sites for hydroxylation is 1. The maximum atomic E-state index is 12.0. The van der Waals surface area contributed by atoms with E-state index in [-0.39, 0.29) is 6.54 Å². The average molecular weight is 216 g/mol. The lowest BCUT2D eigenvalue weighted by molar-refractivity contribution is 0.00384. The Hall–Kier alpha value is -1.36. The number of nitrogen functional groups attached to an aromatic ring is 1. The van der Waals surface area contributed by atoms with Crippen molar-refractivity contribution < 1.29 is 13.9 Å². The summed E-state index contributed by atoms with van der Waals surface area (Å²) in [6.45, 7) is 1.64. The number of halogens is 2. The molecule has 1 rings (SSSR count). The molecule has 5 heteroatoms. The first kappa shape index (κ1) is 11.7. The molecule has 0 heterocycles. The maximum absolute atomic E-state index is 12.0. The first-order valence-electron chi connectivity index (χ1n) is 4.57. The molecular weight excluding hydrogens is 202 g/mol. The summed E-state index contributed by atoms with van der Waals surface area (Å²) in [6.07, 6.45) is -4.40. The number of rotatable bonds is 4. The summed E-state index contributed by atoms with van der Waals surface area (Å²) in [4.78, 5) is 0. The SMILES string of the molecule is Cc1ccc(N)cc1NCC(O)C(F)F. The van der Waals surface area contributed by atoms with E-state index < -0.39 is 12.5 Å². The lowest BCUT2D eigenvalue weighted by atomic mass is 10.2. The Bertz CT molecular complexity index is 331. The Labute approximate surface area is 86.9 Å². The largest absolute Gasteiger partial charge is 0.399 e. The van der Waals surface area contributed by atoms with Gasteiger partial charge >= 0.3 is 0 Å². The Morgan fingerprint density at radius 1 is 1.47 bits per heavy atom. The third-order valence-electron chi connectivity index (χ3n) is 2.05. The van der Waals surface area contributed by atoms with Crippen molar-refractivity contribution in [1.82, 2.24) is 0 Å². The minimum absolute atomic E-state index is 0.192. The van der Waals surface area contributed by atoms with Gasteiger partial charge < -0.3 is 16.2 Å². The molecule has 0 amide bonds. The molecule has 0 aliphatic heterocycles. The summed E-state index contributed by atoms with van der Waals surface area (Å²) < 4.78 is 24.0. The number of anilines is 2. The molecule has 0 saturated heterocycles. The number of aliphatic hydroxyl groups excluding tert-OH is 1. The van der Waals surface area contributed by atoms with E-state index in [4.69, 9.17) is 10.8 Å². The lowest BCUT2D eigenvalue weighted by Gasteiger charge is -2.13. The Kier molecular flexibility index (Phi) is 3.85. The lowest BCUT2D eigenvalue weighted by Crippen LogP contribution is -2.27. The fourth-order valence-electron chi connectivity index (χ4n) is 1.13. The third-order valence-corrected chi connectivity index (χ3v) is 2.05. The maximum Gasteiger partial charge on any atom is 0.265 e. The van der Waals surface area contributed by atoms with Crippen LogP contribution in [0.2, 0.25) is 0 Å². The van der Waals surface area contributed by atoms with Crippen LogP contribution < -0.4 is 11.1 Å². The zero-order chi connectivity index (χ0) is 11.4. The van der Waals surface area contributed by atoms with Crippen LogP contribution in [0.4, 0.5) is 20.2 Å². The van der Waals surface area contributed by atoms with Crippen LogP contribution >= 0.6 is 0 Å². The number of nitrogens with one attached hydrogen (secondary N) is 1. The minimum Gasteiger partial charge on any atom is -0.399 e. The van der Waals surface area contributed by atoms with E-state index in [1.807, 2.05) is 6.92 Å². The van der Waals surface area contributed by atoms with Gasteiger partial charge in [0.15, 0.2) is 0 Å². The van der Waals surface area contributed by atoms with Gasteiger partial charge in [0.25, 0.3) is 6.43 Å². The molecule has 0 fully saturated rings. The summed E-state index contributed by atoms with van der Waals surface area (Å²) >= 11 is 0. The van der Waals surface area contributed by atoms with Gasteiger partial charge in [-0.2, -0.15) is 0 Å². The highest BCUT2D eigenvalue weighted by atomic mass is 19.3. The van der Waals surface area contributed by atoms with Crippen LogP contribution in [0.1, 0.15) is 5.56 Å². The topological polar surface area (TPSA) is 58.3 Å². The molecule has 0 radical (unpaired) electrons. The molecule has 4 N–H and O–H groups in total. The second-order valence-corrected chi connectivity index (χ2v) is 3.36. The van der Waals surface area contributed by atoms with Crippen molar-refractivity contribution >= 4 is 11.4 Å². The molecule has 1 unspecified atom stereocenters. The molecule has 0 bridgehead atoms. The van der Waals surface area contributed by atoms with Crippen LogP contribution in [0.5, 0.6) is 0 Å². The Balaban J connectivity index is 2.61. The van der Waals surface area contributed by atoms with Gasteiger partial charge in [0.1, 0.15) is 6.10 Å². The van der Waals surface area contributed by atoms with Crippen LogP contribution in [0.15, 0.2) is 18.2 Å². The number of hydrogen-bond acceptors (Lipinski definition) is 3. The predicted molar refractivity (Wildman–Crippen MR) is 56.1 cm³/mol. The monoisotopic (exact) mass is 216 g/mol. The van der Waals surface area contributed by atoms with E-state index in [9.17, 15) is 8.78 Å². The first-order chi connectivity index (χ1) is 7.00. The van der Waals surface area contributed by atoms with Gasteiger partial charge in [-0.05, 0) is 24.6 Å². The molecular formula is C10H14F2N2O. The van der Waals surface area contributed by atoms with E-state index in [2.05, 4.69) is 5.32 Å². The van der Waals surface area contributed by atoms with Crippen molar-refractivity contribution in [2.45, 2.75) is 19.5 Å². The average Bonchev–Trinajstić information content (AvgIpc) is 2.18. The van der Waals surface area contributed by atoms with Crippen molar-refractivity contribution in [3.63, 3.8) is 0 Å². The van der Waals surface area contributed by atoms with E-state index in [0.717, 1.165) is 5.56 Å². The molecule has 1 aromatic carbocycles. The smallest absolute Gasteiger partial charge is 0.265 e. The van der Waals surface area contributed by atoms with Gasteiger partial charge in [-0.1, -0.05) is 6.07 Å². The van der Waals surface area contributed by atoms with Crippen LogP contribution in [0.3, 0.4) is 0 Å². The summed E-state index contributed by atoms with van der Waals surface area (Å²) in [6, 6.07) is 5.16. The van der Waals surface area contributed by atoms with E-state index in [1.165, 1.54) is 0 Å². The van der Waals surface area contributed by atoms with Crippen molar-refractivity contribution in [3.8, 4) is 0 Å². The van der Waals surface area contributed by atoms with Gasteiger partial charge in [-0.15, -0.1) is 0 Å². The van der Waals surface area contributed by atoms with Gasteiger partial charge in [0.2, 0.25) is 0 Å². The molecule has 84 valence electrons. The highest BCUT2D eigenvalue weighted by Gasteiger charge is 2.16. The van der Waals surface area contributed by atoms with E-state index >= 15 is 0 Å². The summed E-state index contributed by atoms with van der Waals surface area (Å²) in [5.41, 5.74) is 7.65.